The van der Waals surface area contributed by atoms with E-state index in [1.807, 2.05) is 6.07 Å². The van der Waals surface area contributed by atoms with E-state index in [-0.39, 0.29) is 18.0 Å². The molecule has 0 aliphatic carbocycles. The highest BCUT2D eigenvalue weighted by molar-refractivity contribution is 6.30. The van der Waals surface area contributed by atoms with Crippen molar-refractivity contribution in [1.29, 1.82) is 0 Å². The molecule has 2 aromatic heterocycles. The van der Waals surface area contributed by atoms with Gasteiger partial charge in [-0.05, 0) is 49.4 Å². The first-order valence-electron chi connectivity index (χ1n) is 13.2. The Hall–Kier alpha value is -5.00. The third kappa shape index (κ3) is 6.27. The minimum atomic E-state index is -1.20. The number of hydrogen-bond donors (Lipinski definition) is 3. The first-order chi connectivity index (χ1) is 20.7. The Morgan fingerprint density at radius 3 is 2.58 bits per heavy atom. The van der Waals surface area contributed by atoms with Crippen LogP contribution in [-0.4, -0.2) is 49.7 Å². The van der Waals surface area contributed by atoms with Crippen LogP contribution in [0.25, 0.3) is 28.2 Å². The van der Waals surface area contributed by atoms with Crippen LogP contribution in [-0.2, 0) is 7.05 Å². The number of benzene rings is 3. The SMILES string of the molecule is Cc1c(C(=O)Nc2ccc(-c3nc(-c4cccc(OCC(O)CF)c4)cnc3N)cc2)c(=O)n(-c2cccc(Cl)c2)n1C. The van der Waals surface area contributed by atoms with E-state index in [9.17, 15) is 19.1 Å². The molecule has 0 radical (unpaired) electrons. The minimum absolute atomic E-state index is 0.0137. The number of halogens is 2. The van der Waals surface area contributed by atoms with Gasteiger partial charge >= 0.3 is 0 Å². The van der Waals surface area contributed by atoms with E-state index in [1.54, 1.807) is 85.4 Å². The average molecular weight is 603 g/mol. The van der Waals surface area contributed by atoms with E-state index in [0.29, 0.717) is 50.4 Å². The number of carbonyl (C=O) groups excluding carboxylic acids is 1. The minimum Gasteiger partial charge on any atom is -0.491 e. The van der Waals surface area contributed by atoms with Gasteiger partial charge < -0.3 is 20.9 Å². The third-order valence-electron chi connectivity index (χ3n) is 6.80. The van der Waals surface area contributed by atoms with Crippen LogP contribution in [0.3, 0.4) is 0 Å². The molecule has 4 N–H and O–H groups in total. The lowest BCUT2D eigenvalue weighted by atomic mass is 10.1. The Labute approximate surface area is 251 Å². The molecule has 220 valence electrons. The Morgan fingerprint density at radius 2 is 1.86 bits per heavy atom. The van der Waals surface area contributed by atoms with Crippen LogP contribution >= 0.6 is 11.6 Å². The smallest absolute Gasteiger partial charge is 0.284 e. The van der Waals surface area contributed by atoms with Gasteiger partial charge in [-0.25, -0.2) is 19.0 Å². The summed E-state index contributed by atoms with van der Waals surface area (Å²) >= 11 is 6.11. The normalized spacial score (nSPS) is 11.7. The van der Waals surface area contributed by atoms with E-state index in [1.165, 1.54) is 10.9 Å². The van der Waals surface area contributed by atoms with E-state index in [0.717, 1.165) is 0 Å². The molecule has 0 saturated carbocycles. The number of aliphatic hydroxyl groups excluding tert-OH is 1. The lowest BCUT2D eigenvalue weighted by Crippen LogP contribution is -2.25. The van der Waals surface area contributed by atoms with E-state index in [2.05, 4.69) is 15.3 Å². The van der Waals surface area contributed by atoms with Gasteiger partial charge in [-0.1, -0.05) is 41.9 Å². The maximum absolute atomic E-state index is 13.3. The summed E-state index contributed by atoms with van der Waals surface area (Å²) in [6.45, 7) is 0.623. The van der Waals surface area contributed by atoms with Crippen LogP contribution in [0, 0.1) is 6.92 Å². The number of hydrogen-bond acceptors (Lipinski definition) is 7. The summed E-state index contributed by atoms with van der Waals surface area (Å²) in [6.07, 6.45) is 0.324. The van der Waals surface area contributed by atoms with Crippen molar-refractivity contribution in [3.05, 3.63) is 106 Å². The van der Waals surface area contributed by atoms with Gasteiger partial charge in [0.1, 0.15) is 42.2 Å². The zero-order chi connectivity index (χ0) is 30.7. The second kappa shape index (κ2) is 12.5. The number of aromatic nitrogens is 4. The van der Waals surface area contributed by atoms with Crippen molar-refractivity contribution in [3.8, 4) is 34.0 Å². The predicted molar refractivity (Wildman–Crippen MR) is 164 cm³/mol. The molecule has 43 heavy (non-hydrogen) atoms. The van der Waals surface area contributed by atoms with E-state index < -0.39 is 24.2 Å². The third-order valence-corrected chi connectivity index (χ3v) is 7.04. The Kier molecular flexibility index (Phi) is 8.56. The Morgan fingerprint density at radius 1 is 1.12 bits per heavy atom. The van der Waals surface area contributed by atoms with Crippen molar-refractivity contribution >= 4 is 29.0 Å². The molecule has 0 bridgehead atoms. The first kappa shape index (κ1) is 29.5. The highest BCUT2D eigenvalue weighted by Gasteiger charge is 2.22. The fourth-order valence-corrected chi connectivity index (χ4v) is 4.69. The fourth-order valence-electron chi connectivity index (χ4n) is 4.51. The highest BCUT2D eigenvalue weighted by Crippen LogP contribution is 2.29. The molecule has 0 aliphatic rings. The number of alkyl halides is 1. The molecule has 1 amide bonds. The zero-order valence-electron chi connectivity index (χ0n) is 23.3. The number of carbonyl (C=O) groups is 1. The molecule has 0 saturated heterocycles. The first-order valence-corrected chi connectivity index (χ1v) is 13.6. The maximum atomic E-state index is 13.3. The molecule has 2 heterocycles. The van der Waals surface area contributed by atoms with Gasteiger partial charge in [-0.2, -0.15) is 0 Å². The van der Waals surface area contributed by atoms with Crippen molar-refractivity contribution < 1.29 is 19.0 Å². The maximum Gasteiger partial charge on any atom is 0.284 e. The number of nitrogen functional groups attached to an aromatic ring is 1. The average Bonchev–Trinajstić information content (AvgIpc) is 3.23. The van der Waals surface area contributed by atoms with Gasteiger partial charge in [-0.3, -0.25) is 14.3 Å². The number of nitrogens with two attached hydrogens (primary N) is 1. The second-order valence-electron chi connectivity index (χ2n) is 9.75. The summed E-state index contributed by atoms with van der Waals surface area (Å²) in [6, 6.07) is 20.6. The van der Waals surface area contributed by atoms with Gasteiger partial charge in [0, 0.05) is 28.9 Å². The largest absolute Gasteiger partial charge is 0.491 e. The highest BCUT2D eigenvalue weighted by atomic mass is 35.5. The lowest BCUT2D eigenvalue weighted by molar-refractivity contribution is 0.0842. The number of rotatable bonds is 9. The van der Waals surface area contributed by atoms with Gasteiger partial charge in [0.25, 0.3) is 11.5 Å². The number of amides is 1. The molecule has 0 spiro atoms. The summed E-state index contributed by atoms with van der Waals surface area (Å²) in [5.41, 5.74) is 9.49. The lowest BCUT2D eigenvalue weighted by Gasteiger charge is -2.11. The van der Waals surface area contributed by atoms with Gasteiger partial charge in [-0.15, -0.1) is 0 Å². The van der Waals surface area contributed by atoms with E-state index >= 15 is 0 Å². The molecular formula is C31H28ClFN6O4. The molecule has 1 atom stereocenters. The number of nitrogens with zero attached hydrogens (tertiary/aromatic N) is 4. The topological polar surface area (TPSA) is 137 Å². The standard InChI is InChI=1S/C31H28ClFN6O4/c1-18-27(31(42)39(38(18)2)23-7-4-6-21(32)14-23)30(41)36-22-11-9-19(10-12-22)28-29(34)35-16-26(37-28)20-5-3-8-25(13-20)43-17-24(40)15-33/h3-14,16,24,40H,15,17H2,1-2H3,(H2,34,35)(H,36,41). The molecule has 0 fully saturated rings. The van der Waals surface area contributed by atoms with Crippen LogP contribution in [0.4, 0.5) is 15.9 Å². The van der Waals surface area contributed by atoms with Crippen LogP contribution in [0.15, 0.2) is 83.8 Å². The van der Waals surface area contributed by atoms with Gasteiger partial charge in [0.2, 0.25) is 0 Å². The summed E-state index contributed by atoms with van der Waals surface area (Å²) in [4.78, 5) is 35.4. The van der Waals surface area contributed by atoms with Crippen molar-refractivity contribution in [1.82, 2.24) is 19.3 Å². The van der Waals surface area contributed by atoms with Crippen LogP contribution in [0.1, 0.15) is 16.1 Å². The monoisotopic (exact) mass is 602 g/mol. The number of aliphatic hydroxyl groups is 1. The molecule has 10 nitrogen and oxygen atoms in total. The summed E-state index contributed by atoms with van der Waals surface area (Å²) in [7, 11) is 1.70. The summed E-state index contributed by atoms with van der Waals surface area (Å²) in [5.74, 6) is 0.104. The van der Waals surface area contributed by atoms with Crippen LogP contribution in [0.2, 0.25) is 5.02 Å². The van der Waals surface area contributed by atoms with Crippen molar-refractivity contribution in [3.63, 3.8) is 0 Å². The van der Waals surface area contributed by atoms with Gasteiger partial charge in [0.05, 0.1) is 23.3 Å². The predicted octanol–water partition coefficient (Wildman–Crippen LogP) is 4.81. The second-order valence-corrected chi connectivity index (χ2v) is 10.2. The number of nitrogens with one attached hydrogen (secondary N) is 1. The molecule has 5 aromatic rings. The molecule has 3 aromatic carbocycles. The Bertz CT molecular complexity index is 1850. The van der Waals surface area contributed by atoms with Crippen LogP contribution < -0.4 is 21.3 Å². The zero-order valence-corrected chi connectivity index (χ0v) is 24.0. The Balaban J connectivity index is 1.36. The fraction of sp³-hybridized carbons (Fsp3) is 0.161. The summed E-state index contributed by atoms with van der Waals surface area (Å²) in [5, 5.41) is 12.7. The molecule has 5 rings (SSSR count). The quantitative estimate of drug-likeness (QED) is 0.220. The van der Waals surface area contributed by atoms with Crippen molar-refractivity contribution in [2.24, 2.45) is 7.05 Å². The number of anilines is 2. The van der Waals surface area contributed by atoms with Crippen molar-refractivity contribution in [2.75, 3.05) is 24.3 Å². The van der Waals surface area contributed by atoms with Crippen molar-refractivity contribution in [2.45, 2.75) is 13.0 Å². The van der Waals surface area contributed by atoms with Gasteiger partial charge in [0.15, 0.2) is 0 Å². The summed E-state index contributed by atoms with van der Waals surface area (Å²) < 4.78 is 21.0. The van der Waals surface area contributed by atoms with E-state index in [4.69, 9.17) is 22.1 Å². The molecule has 1 unspecified atom stereocenters. The number of ether oxygens (including phenoxy) is 1. The molecule has 12 heteroatoms. The molecular weight excluding hydrogens is 575 g/mol. The van der Waals surface area contributed by atoms with Crippen LogP contribution in [0.5, 0.6) is 5.75 Å². The molecule has 0 aliphatic heterocycles.